The summed E-state index contributed by atoms with van der Waals surface area (Å²) >= 11 is 0. The number of hydrogen-bond acceptors (Lipinski definition) is 2. The van der Waals surface area contributed by atoms with Crippen molar-refractivity contribution in [2.45, 2.75) is 13.3 Å². The number of rotatable bonds is 2. The van der Waals surface area contributed by atoms with Gasteiger partial charge in [-0.2, -0.15) is 0 Å². The molecule has 1 heterocycles. The summed E-state index contributed by atoms with van der Waals surface area (Å²) in [6.45, 7) is 2.00. The van der Waals surface area contributed by atoms with Crippen molar-refractivity contribution < 1.29 is 14.7 Å². The van der Waals surface area contributed by atoms with Crippen LogP contribution in [0.5, 0.6) is 0 Å². The van der Waals surface area contributed by atoms with Crippen LogP contribution in [-0.4, -0.2) is 22.1 Å². The first-order valence-electron chi connectivity index (χ1n) is 4.99. The Morgan fingerprint density at radius 1 is 1.50 bits per heavy atom. The Kier molecular flexibility index (Phi) is 2.48. The lowest BCUT2D eigenvalue weighted by molar-refractivity contribution is 0.112. The summed E-state index contributed by atoms with van der Waals surface area (Å²) in [5.74, 6) is 0. The van der Waals surface area contributed by atoms with E-state index in [1.807, 2.05) is 13.0 Å². The Bertz CT molecular complexity index is 569. The highest BCUT2D eigenvalue weighted by molar-refractivity contribution is 6.01. The minimum atomic E-state index is -1.08. The van der Waals surface area contributed by atoms with Gasteiger partial charge in [-0.3, -0.25) is 9.36 Å². The molecule has 82 valence electrons. The number of benzene rings is 1. The van der Waals surface area contributed by atoms with Crippen LogP contribution in [0, 0.1) is 0 Å². The van der Waals surface area contributed by atoms with Gasteiger partial charge >= 0.3 is 6.09 Å². The van der Waals surface area contributed by atoms with E-state index in [0.717, 1.165) is 16.6 Å². The zero-order valence-corrected chi connectivity index (χ0v) is 8.80. The maximum absolute atomic E-state index is 11.0. The van der Waals surface area contributed by atoms with Crippen LogP contribution in [0.2, 0.25) is 0 Å². The number of carboxylic acid groups (broad SMARTS) is 1. The predicted molar refractivity (Wildman–Crippen MR) is 60.1 cm³/mol. The minimum Gasteiger partial charge on any atom is -0.464 e. The molecule has 0 unspecified atom stereocenters. The molecule has 4 nitrogen and oxygen atoms in total. The first-order chi connectivity index (χ1) is 7.67. The third kappa shape index (κ3) is 1.48. The first-order valence-corrected chi connectivity index (χ1v) is 4.99. The molecule has 0 bridgehead atoms. The van der Waals surface area contributed by atoms with Gasteiger partial charge < -0.3 is 5.11 Å². The van der Waals surface area contributed by atoms with Gasteiger partial charge in [-0.25, -0.2) is 4.79 Å². The Balaban J connectivity index is 2.80. The number of fused-ring (bicyclic) bond motifs is 1. The Hall–Kier alpha value is -2.10. The van der Waals surface area contributed by atoms with E-state index in [9.17, 15) is 9.59 Å². The summed E-state index contributed by atoms with van der Waals surface area (Å²) in [7, 11) is 0. The molecule has 2 rings (SSSR count). The lowest BCUT2D eigenvalue weighted by Crippen LogP contribution is -2.05. The fourth-order valence-corrected chi connectivity index (χ4v) is 1.77. The average molecular weight is 217 g/mol. The van der Waals surface area contributed by atoms with Crippen LogP contribution in [-0.2, 0) is 6.42 Å². The fourth-order valence-electron chi connectivity index (χ4n) is 1.77. The summed E-state index contributed by atoms with van der Waals surface area (Å²) in [4.78, 5) is 21.8. The molecule has 0 aliphatic rings. The Labute approximate surface area is 92.1 Å². The van der Waals surface area contributed by atoms with Crippen molar-refractivity contribution in [2.75, 3.05) is 0 Å². The fraction of sp³-hybridized carbons (Fsp3) is 0.167. The van der Waals surface area contributed by atoms with E-state index in [-0.39, 0.29) is 0 Å². The Morgan fingerprint density at radius 2 is 2.25 bits per heavy atom. The lowest BCUT2D eigenvalue weighted by atomic mass is 10.1. The van der Waals surface area contributed by atoms with Gasteiger partial charge in [0.1, 0.15) is 0 Å². The first kappa shape index (κ1) is 10.4. The standard InChI is InChI=1S/C12H11NO3/c1-2-8-3-4-10-9(7-14)6-13(12(15)16)11(10)5-8/h3-7H,2H2,1H3,(H,15,16). The number of carbonyl (C=O) groups is 2. The molecule has 0 aliphatic heterocycles. The largest absolute Gasteiger partial charge is 0.464 e. The molecule has 2 aromatic rings. The van der Waals surface area contributed by atoms with Gasteiger partial charge in [0.25, 0.3) is 0 Å². The summed E-state index contributed by atoms with van der Waals surface area (Å²) in [5.41, 5.74) is 2.01. The predicted octanol–water partition coefficient (Wildman–Crippen LogP) is 2.54. The maximum Gasteiger partial charge on any atom is 0.416 e. The second kappa shape index (κ2) is 3.81. The quantitative estimate of drug-likeness (QED) is 0.786. The number of aromatic nitrogens is 1. The van der Waals surface area contributed by atoms with E-state index >= 15 is 0 Å². The second-order valence-corrected chi connectivity index (χ2v) is 3.56. The van der Waals surface area contributed by atoms with Crippen LogP contribution in [0.1, 0.15) is 22.8 Å². The van der Waals surface area contributed by atoms with Crippen molar-refractivity contribution in [1.29, 1.82) is 0 Å². The van der Waals surface area contributed by atoms with Crippen LogP contribution in [0.25, 0.3) is 10.9 Å². The lowest BCUT2D eigenvalue weighted by Gasteiger charge is -2.00. The normalized spacial score (nSPS) is 10.6. The van der Waals surface area contributed by atoms with E-state index < -0.39 is 6.09 Å². The van der Waals surface area contributed by atoms with Gasteiger partial charge in [0.15, 0.2) is 6.29 Å². The second-order valence-electron chi connectivity index (χ2n) is 3.56. The molecule has 1 aromatic carbocycles. The summed E-state index contributed by atoms with van der Waals surface area (Å²) in [6, 6.07) is 5.50. The number of aryl methyl sites for hydroxylation is 1. The SMILES string of the molecule is CCc1ccc2c(C=O)cn(C(=O)O)c2c1. The third-order valence-electron chi connectivity index (χ3n) is 2.64. The average Bonchev–Trinajstić information content (AvgIpc) is 2.66. The van der Waals surface area contributed by atoms with Gasteiger partial charge in [0, 0.05) is 17.1 Å². The molecule has 0 spiro atoms. The van der Waals surface area contributed by atoms with E-state index in [1.165, 1.54) is 6.20 Å². The van der Waals surface area contributed by atoms with Crippen LogP contribution in [0.15, 0.2) is 24.4 Å². The highest BCUT2D eigenvalue weighted by atomic mass is 16.4. The van der Waals surface area contributed by atoms with E-state index in [4.69, 9.17) is 5.11 Å². The van der Waals surface area contributed by atoms with E-state index in [1.54, 1.807) is 12.1 Å². The van der Waals surface area contributed by atoms with Crippen molar-refractivity contribution in [1.82, 2.24) is 4.57 Å². The monoisotopic (exact) mass is 217 g/mol. The van der Waals surface area contributed by atoms with Crippen LogP contribution < -0.4 is 0 Å². The van der Waals surface area contributed by atoms with Crippen molar-refractivity contribution >= 4 is 23.3 Å². The van der Waals surface area contributed by atoms with Crippen LogP contribution in [0.3, 0.4) is 0 Å². The molecule has 0 amide bonds. The number of hydrogen-bond donors (Lipinski definition) is 1. The maximum atomic E-state index is 11.0. The summed E-state index contributed by atoms with van der Waals surface area (Å²) < 4.78 is 1.08. The zero-order valence-electron chi connectivity index (χ0n) is 8.80. The Morgan fingerprint density at radius 3 is 2.81 bits per heavy atom. The van der Waals surface area contributed by atoms with Crippen molar-refractivity contribution in [3.8, 4) is 0 Å². The van der Waals surface area contributed by atoms with Crippen molar-refractivity contribution in [3.05, 3.63) is 35.5 Å². The molecule has 0 atom stereocenters. The van der Waals surface area contributed by atoms with Gasteiger partial charge in [-0.15, -0.1) is 0 Å². The molecule has 0 fully saturated rings. The molecular formula is C12H11NO3. The summed E-state index contributed by atoms with van der Waals surface area (Å²) in [6.07, 6.45) is 1.77. The van der Waals surface area contributed by atoms with E-state index in [0.29, 0.717) is 22.8 Å². The van der Waals surface area contributed by atoms with E-state index in [2.05, 4.69) is 0 Å². The third-order valence-corrected chi connectivity index (χ3v) is 2.64. The van der Waals surface area contributed by atoms with Gasteiger partial charge in [0.05, 0.1) is 5.52 Å². The number of nitrogens with zero attached hydrogens (tertiary/aromatic N) is 1. The molecule has 16 heavy (non-hydrogen) atoms. The smallest absolute Gasteiger partial charge is 0.416 e. The molecule has 1 N–H and O–H groups in total. The number of carbonyl (C=O) groups excluding carboxylic acids is 1. The zero-order chi connectivity index (χ0) is 11.7. The highest BCUT2D eigenvalue weighted by Gasteiger charge is 2.12. The molecule has 0 aliphatic carbocycles. The molecule has 0 saturated heterocycles. The van der Waals surface area contributed by atoms with Crippen molar-refractivity contribution in [2.24, 2.45) is 0 Å². The van der Waals surface area contributed by atoms with Gasteiger partial charge in [-0.1, -0.05) is 19.1 Å². The molecule has 0 radical (unpaired) electrons. The van der Waals surface area contributed by atoms with Crippen LogP contribution >= 0.6 is 0 Å². The van der Waals surface area contributed by atoms with Gasteiger partial charge in [-0.05, 0) is 18.1 Å². The molecule has 1 aromatic heterocycles. The van der Waals surface area contributed by atoms with Crippen LogP contribution in [0.4, 0.5) is 4.79 Å². The topological polar surface area (TPSA) is 59.3 Å². The minimum absolute atomic E-state index is 0.403. The molecule has 4 heteroatoms. The van der Waals surface area contributed by atoms with Gasteiger partial charge in [0.2, 0.25) is 0 Å². The molecular weight excluding hydrogens is 206 g/mol. The van der Waals surface area contributed by atoms with Crippen molar-refractivity contribution in [3.63, 3.8) is 0 Å². The number of aldehydes is 1. The molecule has 0 saturated carbocycles. The summed E-state index contributed by atoms with van der Waals surface area (Å²) in [5, 5.41) is 9.68. The highest BCUT2D eigenvalue weighted by Crippen LogP contribution is 2.21.